The first-order valence-corrected chi connectivity index (χ1v) is 7.35. The highest BCUT2D eigenvalue weighted by atomic mass is 32.2. The van der Waals surface area contributed by atoms with Gasteiger partial charge in [0.15, 0.2) is 5.16 Å². The fourth-order valence-electron chi connectivity index (χ4n) is 2.05. The molecule has 2 aromatic rings. The zero-order valence-electron chi connectivity index (χ0n) is 11.4. The number of carbonyl (C=O) groups excluding carboxylic acids is 2. The fraction of sp³-hybridized carbons (Fsp3) is 0.143. The number of amides is 2. The van der Waals surface area contributed by atoms with Gasteiger partial charge in [0.25, 0.3) is 11.8 Å². The molecule has 118 valence electrons. The standard InChI is InChI=1S/C14H8F3N3O2S/c15-14(16,17)10-5-6-18-13(19-10)23-7-20-11(21)8-3-1-2-4-9(8)12(20)22/h1-6H,7H2. The maximum absolute atomic E-state index is 12.6. The molecule has 0 bridgehead atoms. The van der Waals surface area contributed by atoms with E-state index in [0.29, 0.717) is 0 Å². The smallest absolute Gasteiger partial charge is 0.269 e. The van der Waals surface area contributed by atoms with Gasteiger partial charge in [-0.25, -0.2) is 9.97 Å². The van der Waals surface area contributed by atoms with Gasteiger partial charge in [-0.1, -0.05) is 23.9 Å². The fourth-order valence-corrected chi connectivity index (χ4v) is 2.82. The summed E-state index contributed by atoms with van der Waals surface area (Å²) in [5.74, 6) is -1.12. The molecular weight excluding hydrogens is 331 g/mol. The number of imide groups is 1. The van der Waals surface area contributed by atoms with Crippen LogP contribution in [0.4, 0.5) is 13.2 Å². The average molecular weight is 339 g/mol. The number of thioether (sulfide) groups is 1. The van der Waals surface area contributed by atoms with E-state index in [0.717, 1.165) is 28.9 Å². The van der Waals surface area contributed by atoms with Crippen molar-refractivity contribution in [3.8, 4) is 0 Å². The second-order valence-corrected chi connectivity index (χ2v) is 5.49. The van der Waals surface area contributed by atoms with E-state index < -0.39 is 23.7 Å². The molecule has 0 radical (unpaired) electrons. The topological polar surface area (TPSA) is 63.2 Å². The first kappa shape index (κ1) is 15.5. The Morgan fingerprint density at radius 2 is 1.65 bits per heavy atom. The maximum Gasteiger partial charge on any atom is 0.433 e. The maximum atomic E-state index is 12.6. The van der Waals surface area contributed by atoms with E-state index >= 15 is 0 Å². The van der Waals surface area contributed by atoms with Crippen molar-refractivity contribution in [3.05, 3.63) is 53.3 Å². The van der Waals surface area contributed by atoms with E-state index in [9.17, 15) is 22.8 Å². The quantitative estimate of drug-likeness (QED) is 0.489. The lowest BCUT2D eigenvalue weighted by Gasteiger charge is -2.13. The molecule has 23 heavy (non-hydrogen) atoms. The van der Waals surface area contributed by atoms with E-state index in [-0.39, 0.29) is 22.2 Å². The Kier molecular flexibility index (Phi) is 3.80. The zero-order chi connectivity index (χ0) is 16.6. The van der Waals surface area contributed by atoms with Crippen LogP contribution in [0.15, 0.2) is 41.7 Å². The van der Waals surface area contributed by atoms with Gasteiger partial charge >= 0.3 is 6.18 Å². The van der Waals surface area contributed by atoms with Gasteiger partial charge in [0.05, 0.1) is 17.0 Å². The Hall–Kier alpha value is -2.42. The molecule has 1 aliphatic rings. The third kappa shape index (κ3) is 2.91. The normalized spacial score (nSPS) is 14.3. The average Bonchev–Trinajstić information content (AvgIpc) is 2.77. The molecule has 1 aliphatic heterocycles. The second-order valence-electron chi connectivity index (χ2n) is 4.58. The summed E-state index contributed by atoms with van der Waals surface area (Å²) in [6, 6.07) is 7.08. The van der Waals surface area contributed by atoms with Crippen molar-refractivity contribution in [3.63, 3.8) is 0 Å². The largest absolute Gasteiger partial charge is 0.433 e. The number of alkyl halides is 3. The first-order valence-electron chi connectivity index (χ1n) is 6.36. The molecule has 1 aromatic carbocycles. The van der Waals surface area contributed by atoms with Gasteiger partial charge in [0.1, 0.15) is 5.69 Å². The Labute approximate surface area is 132 Å². The Bertz CT molecular complexity index is 760. The van der Waals surface area contributed by atoms with E-state index in [4.69, 9.17) is 0 Å². The van der Waals surface area contributed by atoms with Gasteiger partial charge in [-0.05, 0) is 18.2 Å². The summed E-state index contributed by atoms with van der Waals surface area (Å²) in [6.45, 7) is 0. The number of carbonyl (C=O) groups is 2. The molecule has 2 heterocycles. The SMILES string of the molecule is O=C1c2ccccc2C(=O)N1CSc1nccc(C(F)(F)F)n1. The van der Waals surface area contributed by atoms with Crippen LogP contribution in [0.2, 0.25) is 0 Å². The molecule has 3 rings (SSSR count). The van der Waals surface area contributed by atoms with E-state index in [2.05, 4.69) is 9.97 Å². The summed E-state index contributed by atoms with van der Waals surface area (Å²) in [5, 5.41) is -0.156. The first-order chi connectivity index (χ1) is 10.9. The van der Waals surface area contributed by atoms with Crippen LogP contribution < -0.4 is 0 Å². The van der Waals surface area contributed by atoms with Gasteiger partial charge in [0, 0.05) is 6.20 Å². The van der Waals surface area contributed by atoms with Gasteiger partial charge in [-0.2, -0.15) is 13.2 Å². The Balaban J connectivity index is 1.75. The molecule has 0 saturated carbocycles. The lowest BCUT2D eigenvalue weighted by molar-refractivity contribution is -0.141. The summed E-state index contributed by atoms with van der Waals surface area (Å²) in [7, 11) is 0. The zero-order valence-corrected chi connectivity index (χ0v) is 12.2. The predicted octanol–water partition coefficient (Wildman–Crippen LogP) is 2.84. The summed E-state index contributed by atoms with van der Waals surface area (Å²) < 4.78 is 37.8. The van der Waals surface area contributed by atoms with Crippen molar-refractivity contribution in [2.45, 2.75) is 11.3 Å². The highest BCUT2D eigenvalue weighted by Gasteiger charge is 2.36. The number of rotatable bonds is 3. The van der Waals surface area contributed by atoms with Crippen LogP contribution in [0.5, 0.6) is 0 Å². The minimum absolute atomic E-state index is 0.156. The lowest BCUT2D eigenvalue weighted by atomic mass is 10.1. The van der Waals surface area contributed by atoms with Crippen LogP contribution in [-0.2, 0) is 6.18 Å². The second kappa shape index (κ2) is 5.65. The van der Waals surface area contributed by atoms with E-state index in [1.165, 1.54) is 12.1 Å². The molecule has 1 aromatic heterocycles. The summed E-state index contributed by atoms with van der Waals surface area (Å²) in [4.78, 5) is 32.3. The minimum Gasteiger partial charge on any atom is -0.269 e. The number of halogens is 3. The number of aromatic nitrogens is 2. The Morgan fingerprint density at radius 1 is 1.04 bits per heavy atom. The van der Waals surface area contributed by atoms with Crippen LogP contribution in [0.25, 0.3) is 0 Å². The number of hydrogen-bond donors (Lipinski definition) is 0. The molecule has 0 saturated heterocycles. The van der Waals surface area contributed by atoms with Crippen molar-refractivity contribution >= 4 is 23.6 Å². The highest BCUT2D eigenvalue weighted by molar-refractivity contribution is 7.99. The van der Waals surface area contributed by atoms with Crippen LogP contribution in [-0.4, -0.2) is 32.6 Å². The van der Waals surface area contributed by atoms with Crippen LogP contribution >= 0.6 is 11.8 Å². The van der Waals surface area contributed by atoms with Crippen molar-refractivity contribution < 1.29 is 22.8 Å². The van der Waals surface area contributed by atoms with Gasteiger partial charge < -0.3 is 0 Å². The molecule has 0 atom stereocenters. The number of nitrogens with zero attached hydrogens (tertiary/aromatic N) is 3. The molecule has 9 heteroatoms. The molecule has 0 spiro atoms. The molecule has 0 unspecified atom stereocenters. The Morgan fingerprint density at radius 3 is 2.22 bits per heavy atom. The van der Waals surface area contributed by atoms with Crippen LogP contribution in [0, 0.1) is 0 Å². The van der Waals surface area contributed by atoms with Crippen molar-refractivity contribution in [2.24, 2.45) is 0 Å². The van der Waals surface area contributed by atoms with E-state index in [1.807, 2.05) is 0 Å². The summed E-state index contributed by atoms with van der Waals surface area (Å²) in [6.07, 6.45) is -3.59. The number of fused-ring (bicyclic) bond motifs is 1. The molecule has 5 nitrogen and oxygen atoms in total. The minimum atomic E-state index is -4.58. The van der Waals surface area contributed by atoms with Crippen LogP contribution in [0.3, 0.4) is 0 Å². The van der Waals surface area contributed by atoms with Crippen molar-refractivity contribution in [2.75, 3.05) is 5.88 Å². The third-order valence-corrected chi connectivity index (χ3v) is 3.97. The van der Waals surface area contributed by atoms with E-state index in [1.54, 1.807) is 12.1 Å². The number of hydrogen-bond acceptors (Lipinski definition) is 5. The highest BCUT2D eigenvalue weighted by Crippen LogP contribution is 2.29. The van der Waals surface area contributed by atoms with Gasteiger partial charge in [-0.15, -0.1) is 0 Å². The molecule has 0 fully saturated rings. The summed E-state index contributed by atoms with van der Waals surface area (Å²) in [5.41, 5.74) is -0.511. The van der Waals surface area contributed by atoms with Gasteiger partial charge in [-0.3, -0.25) is 14.5 Å². The summed E-state index contributed by atoms with van der Waals surface area (Å²) >= 11 is 0.788. The predicted molar refractivity (Wildman–Crippen MR) is 74.7 cm³/mol. The van der Waals surface area contributed by atoms with Crippen molar-refractivity contribution in [1.82, 2.24) is 14.9 Å². The van der Waals surface area contributed by atoms with Crippen LogP contribution in [0.1, 0.15) is 26.4 Å². The molecular formula is C14H8F3N3O2S. The molecule has 0 aliphatic carbocycles. The van der Waals surface area contributed by atoms with Crippen molar-refractivity contribution in [1.29, 1.82) is 0 Å². The number of benzene rings is 1. The lowest BCUT2D eigenvalue weighted by Crippen LogP contribution is -2.29. The third-order valence-electron chi connectivity index (χ3n) is 3.12. The monoisotopic (exact) mass is 339 g/mol. The molecule has 2 amide bonds. The molecule has 0 N–H and O–H groups in total. The van der Waals surface area contributed by atoms with Gasteiger partial charge in [0.2, 0.25) is 0 Å².